The highest BCUT2D eigenvalue weighted by Gasteiger charge is 2.14. The summed E-state index contributed by atoms with van der Waals surface area (Å²) >= 11 is 0. The van der Waals surface area contributed by atoms with Crippen LogP contribution in [-0.4, -0.2) is 27.8 Å². The fourth-order valence-corrected chi connectivity index (χ4v) is 0.984. The average Bonchev–Trinajstić information content (AvgIpc) is 2.14. The maximum Gasteiger partial charge on any atom is 0.339 e. The van der Waals surface area contributed by atoms with Gasteiger partial charge in [0.25, 0.3) is 0 Å². The predicted molar refractivity (Wildman–Crippen MR) is 56.9 cm³/mol. The molecule has 1 aromatic heterocycles. The minimum absolute atomic E-state index is 0.0628. The first-order valence-electron chi connectivity index (χ1n) is 4.69. The van der Waals surface area contributed by atoms with Crippen LogP contribution in [-0.2, 0) is 0 Å². The van der Waals surface area contributed by atoms with Gasteiger partial charge in [-0.3, -0.25) is 0 Å². The lowest BCUT2D eigenvalue weighted by Gasteiger charge is -2.19. The molecule has 0 radical (unpaired) electrons. The van der Waals surface area contributed by atoms with E-state index in [1.54, 1.807) is 0 Å². The van der Waals surface area contributed by atoms with E-state index in [1.807, 2.05) is 0 Å². The van der Waals surface area contributed by atoms with E-state index in [0.717, 1.165) is 0 Å². The van der Waals surface area contributed by atoms with Gasteiger partial charge in [-0.2, -0.15) is 5.10 Å². The van der Waals surface area contributed by atoms with E-state index >= 15 is 0 Å². The van der Waals surface area contributed by atoms with Gasteiger partial charge in [-0.05, 0) is 11.5 Å². The second-order valence-electron chi connectivity index (χ2n) is 4.51. The molecule has 5 heteroatoms. The van der Waals surface area contributed by atoms with E-state index in [2.05, 4.69) is 36.3 Å². The molecule has 15 heavy (non-hydrogen) atoms. The van der Waals surface area contributed by atoms with Gasteiger partial charge in [0.15, 0.2) is 5.82 Å². The Kier molecular flexibility index (Phi) is 3.24. The summed E-state index contributed by atoms with van der Waals surface area (Å²) in [6, 6.07) is 1.43. The molecule has 0 bridgehead atoms. The summed E-state index contributed by atoms with van der Waals surface area (Å²) in [5.74, 6) is -0.679. The van der Waals surface area contributed by atoms with Crippen molar-refractivity contribution in [3.63, 3.8) is 0 Å². The summed E-state index contributed by atoms with van der Waals surface area (Å²) in [5.41, 5.74) is 0.210. The molecule has 2 N–H and O–H groups in total. The first-order chi connectivity index (χ1) is 6.90. The summed E-state index contributed by atoms with van der Waals surface area (Å²) < 4.78 is 0. The van der Waals surface area contributed by atoms with Gasteiger partial charge in [-0.25, -0.2) is 4.79 Å². The minimum atomic E-state index is -0.999. The van der Waals surface area contributed by atoms with E-state index in [0.29, 0.717) is 12.4 Å². The number of hydrogen-bond acceptors (Lipinski definition) is 4. The molecule has 0 fully saturated rings. The number of aromatic carboxylic acids is 1. The molecule has 82 valence electrons. The Balaban J connectivity index is 2.81. The van der Waals surface area contributed by atoms with Gasteiger partial charge in [-0.1, -0.05) is 20.8 Å². The number of carboxylic acid groups (broad SMARTS) is 1. The lowest BCUT2D eigenvalue weighted by atomic mass is 9.97. The van der Waals surface area contributed by atoms with Crippen molar-refractivity contribution in [2.75, 3.05) is 11.9 Å². The molecule has 5 nitrogen and oxygen atoms in total. The zero-order valence-corrected chi connectivity index (χ0v) is 9.11. The van der Waals surface area contributed by atoms with Crippen LogP contribution in [0.1, 0.15) is 31.1 Å². The third kappa shape index (κ3) is 3.53. The van der Waals surface area contributed by atoms with Gasteiger partial charge >= 0.3 is 5.97 Å². The number of nitrogens with zero attached hydrogens (tertiary/aromatic N) is 2. The third-order valence-corrected chi connectivity index (χ3v) is 1.74. The Hall–Kier alpha value is -1.65. The highest BCUT2D eigenvalue weighted by molar-refractivity contribution is 5.92. The fraction of sp³-hybridized carbons (Fsp3) is 0.500. The molecule has 1 heterocycles. The molecule has 0 aliphatic heterocycles. The van der Waals surface area contributed by atoms with Crippen molar-refractivity contribution >= 4 is 11.8 Å². The molecule has 0 aliphatic carbocycles. The van der Waals surface area contributed by atoms with Gasteiger partial charge in [0, 0.05) is 6.54 Å². The topological polar surface area (TPSA) is 75.1 Å². The van der Waals surface area contributed by atoms with Crippen LogP contribution in [0.15, 0.2) is 12.3 Å². The molecule has 0 saturated heterocycles. The van der Waals surface area contributed by atoms with Gasteiger partial charge in [0.05, 0.1) is 6.20 Å². The predicted octanol–water partition coefficient (Wildman–Crippen LogP) is 1.63. The average molecular weight is 209 g/mol. The van der Waals surface area contributed by atoms with Crippen LogP contribution in [0.25, 0.3) is 0 Å². The van der Waals surface area contributed by atoms with Crippen LogP contribution in [0.4, 0.5) is 5.82 Å². The molecule has 0 saturated carbocycles. The van der Waals surface area contributed by atoms with E-state index in [9.17, 15) is 4.79 Å². The van der Waals surface area contributed by atoms with Crippen LogP contribution >= 0.6 is 0 Å². The number of carbonyl (C=O) groups is 1. The Bertz CT molecular complexity index is 358. The zero-order chi connectivity index (χ0) is 11.5. The van der Waals surface area contributed by atoms with Crippen LogP contribution in [0, 0.1) is 5.41 Å². The van der Waals surface area contributed by atoms with E-state index in [1.165, 1.54) is 12.3 Å². The highest BCUT2D eigenvalue weighted by atomic mass is 16.4. The minimum Gasteiger partial charge on any atom is -0.478 e. The third-order valence-electron chi connectivity index (χ3n) is 1.74. The molecular formula is C10H15N3O2. The first-order valence-corrected chi connectivity index (χ1v) is 4.69. The smallest absolute Gasteiger partial charge is 0.339 e. The van der Waals surface area contributed by atoms with Crippen LogP contribution in [0.3, 0.4) is 0 Å². The lowest BCUT2D eigenvalue weighted by molar-refractivity contribution is 0.0697. The fourth-order valence-electron chi connectivity index (χ4n) is 0.984. The van der Waals surface area contributed by atoms with Crippen molar-refractivity contribution in [3.05, 3.63) is 17.8 Å². The van der Waals surface area contributed by atoms with Crippen LogP contribution < -0.4 is 5.32 Å². The van der Waals surface area contributed by atoms with E-state index < -0.39 is 5.97 Å². The van der Waals surface area contributed by atoms with Crippen molar-refractivity contribution in [1.29, 1.82) is 0 Å². The summed E-state index contributed by atoms with van der Waals surface area (Å²) in [6.45, 7) is 6.80. The lowest BCUT2D eigenvalue weighted by Crippen LogP contribution is -2.21. The van der Waals surface area contributed by atoms with E-state index in [-0.39, 0.29) is 11.0 Å². The van der Waals surface area contributed by atoms with Crippen molar-refractivity contribution in [1.82, 2.24) is 10.2 Å². The van der Waals surface area contributed by atoms with Crippen molar-refractivity contribution in [2.45, 2.75) is 20.8 Å². The molecule has 0 aromatic carbocycles. The quantitative estimate of drug-likeness (QED) is 0.791. The van der Waals surface area contributed by atoms with Gasteiger partial charge in [-0.15, -0.1) is 5.10 Å². The molecule has 1 rings (SSSR count). The molecule has 0 aliphatic rings. The van der Waals surface area contributed by atoms with E-state index in [4.69, 9.17) is 5.11 Å². The number of hydrogen-bond donors (Lipinski definition) is 2. The molecule has 0 spiro atoms. The standard InChI is InChI=1S/C10H15N3O2/c1-10(2,3)6-11-8-7(9(14)15)4-5-12-13-8/h4-5H,6H2,1-3H3,(H,11,13)(H,14,15). The van der Waals surface area contributed by atoms with Gasteiger partial charge < -0.3 is 10.4 Å². The number of aromatic nitrogens is 2. The maximum absolute atomic E-state index is 10.8. The van der Waals surface area contributed by atoms with Gasteiger partial charge in [0.1, 0.15) is 5.56 Å². The number of anilines is 1. The van der Waals surface area contributed by atoms with Crippen LogP contribution in [0.5, 0.6) is 0 Å². The number of carboxylic acids is 1. The zero-order valence-electron chi connectivity index (χ0n) is 9.11. The second-order valence-corrected chi connectivity index (χ2v) is 4.51. The summed E-state index contributed by atoms with van der Waals surface area (Å²) in [6.07, 6.45) is 1.37. The molecular weight excluding hydrogens is 194 g/mol. The molecule has 0 unspecified atom stereocenters. The number of rotatable bonds is 3. The Morgan fingerprint density at radius 2 is 2.20 bits per heavy atom. The van der Waals surface area contributed by atoms with Gasteiger partial charge in [0.2, 0.25) is 0 Å². The maximum atomic E-state index is 10.8. The summed E-state index contributed by atoms with van der Waals surface area (Å²) in [7, 11) is 0. The molecule has 1 aromatic rings. The summed E-state index contributed by atoms with van der Waals surface area (Å²) in [5, 5.41) is 19.3. The SMILES string of the molecule is CC(C)(C)CNc1nnccc1C(=O)O. The Morgan fingerprint density at radius 1 is 1.53 bits per heavy atom. The first kappa shape index (κ1) is 11.4. The van der Waals surface area contributed by atoms with Crippen LogP contribution in [0.2, 0.25) is 0 Å². The Morgan fingerprint density at radius 3 is 2.73 bits per heavy atom. The second kappa shape index (κ2) is 4.25. The van der Waals surface area contributed by atoms with Crippen molar-refractivity contribution in [2.24, 2.45) is 5.41 Å². The number of nitrogens with one attached hydrogen (secondary N) is 1. The Labute approximate surface area is 88.5 Å². The largest absolute Gasteiger partial charge is 0.478 e. The highest BCUT2D eigenvalue weighted by Crippen LogP contribution is 2.16. The van der Waals surface area contributed by atoms with Crippen molar-refractivity contribution < 1.29 is 9.90 Å². The van der Waals surface area contributed by atoms with Crippen molar-refractivity contribution in [3.8, 4) is 0 Å². The summed E-state index contributed by atoms with van der Waals surface area (Å²) in [4.78, 5) is 10.8. The monoisotopic (exact) mass is 209 g/mol. The molecule has 0 atom stereocenters. The molecule has 0 amide bonds. The normalized spacial score (nSPS) is 11.1.